The van der Waals surface area contributed by atoms with E-state index in [0.29, 0.717) is 30.7 Å². The lowest BCUT2D eigenvalue weighted by molar-refractivity contribution is 0.0787. The van der Waals surface area contributed by atoms with Gasteiger partial charge in [-0.25, -0.2) is 4.68 Å². The maximum Gasteiger partial charge on any atom is 0.271 e. The van der Waals surface area contributed by atoms with Gasteiger partial charge in [-0.15, -0.1) is 0 Å². The molecule has 1 saturated heterocycles. The molecule has 1 N–H and O–H groups in total. The molecule has 2 heterocycles. The predicted molar refractivity (Wildman–Crippen MR) is 98.8 cm³/mol. The van der Waals surface area contributed by atoms with Crippen molar-refractivity contribution in [1.29, 1.82) is 0 Å². The second-order valence-corrected chi connectivity index (χ2v) is 7.14. The van der Waals surface area contributed by atoms with Crippen molar-refractivity contribution in [3.63, 3.8) is 0 Å². The van der Waals surface area contributed by atoms with Crippen molar-refractivity contribution in [1.82, 2.24) is 24.9 Å². The Morgan fingerprint density at radius 3 is 2.52 bits per heavy atom. The number of hydrogen-bond donors (Lipinski definition) is 1. The first-order valence-electron chi connectivity index (χ1n) is 9.21. The minimum Gasteiger partial charge on any atom is -0.349 e. The number of amides is 1. The van der Waals surface area contributed by atoms with Gasteiger partial charge in [-0.1, -0.05) is 20.8 Å². The molecule has 0 bridgehead atoms. The SMILES string of the molecule is CCCn1nc(C(=O)NC[C@@H](C(C)C)N2CCN(C)CC2)ccc1=O. The number of rotatable bonds is 7. The molecule has 7 heteroatoms. The van der Waals surface area contributed by atoms with Crippen molar-refractivity contribution in [2.24, 2.45) is 5.92 Å². The molecule has 0 aliphatic carbocycles. The first-order valence-corrected chi connectivity index (χ1v) is 9.21. The maximum absolute atomic E-state index is 12.5. The van der Waals surface area contributed by atoms with E-state index >= 15 is 0 Å². The molecule has 1 amide bonds. The summed E-state index contributed by atoms with van der Waals surface area (Å²) in [6.45, 7) is 11.6. The molecule has 0 saturated carbocycles. The van der Waals surface area contributed by atoms with Gasteiger partial charge in [0.25, 0.3) is 11.5 Å². The third-order valence-electron chi connectivity index (χ3n) is 4.78. The van der Waals surface area contributed by atoms with Crippen LogP contribution in [0.25, 0.3) is 0 Å². The Labute approximate surface area is 150 Å². The molecule has 1 aromatic rings. The highest BCUT2D eigenvalue weighted by molar-refractivity contribution is 5.92. The molecule has 25 heavy (non-hydrogen) atoms. The number of aryl methyl sites for hydroxylation is 1. The van der Waals surface area contributed by atoms with Crippen LogP contribution in [0.3, 0.4) is 0 Å². The van der Waals surface area contributed by atoms with E-state index in [2.05, 4.69) is 41.1 Å². The fourth-order valence-corrected chi connectivity index (χ4v) is 3.17. The smallest absolute Gasteiger partial charge is 0.271 e. The summed E-state index contributed by atoms with van der Waals surface area (Å²) in [4.78, 5) is 29.0. The van der Waals surface area contributed by atoms with E-state index in [9.17, 15) is 9.59 Å². The van der Waals surface area contributed by atoms with E-state index in [1.165, 1.54) is 16.8 Å². The van der Waals surface area contributed by atoms with E-state index in [4.69, 9.17) is 0 Å². The zero-order valence-electron chi connectivity index (χ0n) is 15.9. The largest absolute Gasteiger partial charge is 0.349 e. The fourth-order valence-electron chi connectivity index (χ4n) is 3.17. The van der Waals surface area contributed by atoms with Gasteiger partial charge in [-0.05, 0) is 25.5 Å². The van der Waals surface area contributed by atoms with Gasteiger partial charge in [0, 0.05) is 51.4 Å². The topological polar surface area (TPSA) is 70.5 Å². The lowest BCUT2D eigenvalue weighted by Gasteiger charge is -2.39. The molecule has 0 spiro atoms. The molecular weight excluding hydrogens is 318 g/mol. The molecule has 2 rings (SSSR count). The number of nitrogens with zero attached hydrogens (tertiary/aromatic N) is 4. The van der Waals surface area contributed by atoms with Gasteiger partial charge in [0.05, 0.1) is 0 Å². The minimum atomic E-state index is -0.218. The highest BCUT2D eigenvalue weighted by Gasteiger charge is 2.25. The number of hydrogen-bond acceptors (Lipinski definition) is 5. The van der Waals surface area contributed by atoms with Crippen LogP contribution in [0.5, 0.6) is 0 Å². The summed E-state index contributed by atoms with van der Waals surface area (Å²) in [5, 5.41) is 7.18. The summed E-state index contributed by atoms with van der Waals surface area (Å²) in [5.41, 5.74) is 0.129. The van der Waals surface area contributed by atoms with Gasteiger partial charge >= 0.3 is 0 Å². The van der Waals surface area contributed by atoms with Crippen molar-refractivity contribution in [3.05, 3.63) is 28.2 Å². The Hall–Kier alpha value is -1.73. The first-order chi connectivity index (χ1) is 11.9. The standard InChI is InChI=1S/C18H31N5O2/c1-5-8-23-17(24)7-6-15(20-23)18(25)19-13-16(14(2)3)22-11-9-21(4)10-12-22/h6-7,14,16H,5,8-13H2,1-4H3,(H,19,25)/t16-/m0/s1. The Morgan fingerprint density at radius 1 is 1.24 bits per heavy atom. The lowest BCUT2D eigenvalue weighted by Crippen LogP contribution is -2.54. The van der Waals surface area contributed by atoms with Gasteiger partial charge in [-0.2, -0.15) is 5.10 Å². The van der Waals surface area contributed by atoms with Crippen LogP contribution in [0, 0.1) is 5.92 Å². The zero-order valence-corrected chi connectivity index (χ0v) is 15.9. The summed E-state index contributed by atoms with van der Waals surface area (Å²) in [7, 11) is 2.14. The van der Waals surface area contributed by atoms with Crippen molar-refractivity contribution >= 4 is 5.91 Å². The second kappa shape index (κ2) is 9.10. The summed E-state index contributed by atoms with van der Waals surface area (Å²) >= 11 is 0. The van der Waals surface area contributed by atoms with Gasteiger partial charge < -0.3 is 10.2 Å². The van der Waals surface area contributed by atoms with Crippen LogP contribution in [-0.4, -0.2) is 71.3 Å². The molecule has 0 aromatic carbocycles. The number of aromatic nitrogens is 2. The maximum atomic E-state index is 12.5. The van der Waals surface area contributed by atoms with E-state index in [1.807, 2.05) is 6.92 Å². The molecule has 7 nitrogen and oxygen atoms in total. The number of carbonyl (C=O) groups excluding carboxylic acids is 1. The van der Waals surface area contributed by atoms with Crippen LogP contribution in [0.15, 0.2) is 16.9 Å². The zero-order chi connectivity index (χ0) is 18.4. The summed E-state index contributed by atoms with van der Waals surface area (Å²) in [5.74, 6) is 0.232. The Bertz CT molecular complexity index is 620. The predicted octanol–water partition coefficient (Wildman–Crippen LogP) is 0.655. The molecular formula is C18H31N5O2. The highest BCUT2D eigenvalue weighted by atomic mass is 16.2. The average Bonchev–Trinajstić information content (AvgIpc) is 2.58. The van der Waals surface area contributed by atoms with Crippen LogP contribution in [0.4, 0.5) is 0 Å². The highest BCUT2D eigenvalue weighted by Crippen LogP contribution is 2.13. The Morgan fingerprint density at radius 2 is 1.92 bits per heavy atom. The minimum absolute atomic E-state index is 0.170. The van der Waals surface area contributed by atoms with E-state index < -0.39 is 0 Å². The third kappa shape index (κ3) is 5.37. The molecule has 1 aliphatic rings. The Balaban J connectivity index is 1.99. The van der Waals surface area contributed by atoms with Crippen LogP contribution in [0.2, 0.25) is 0 Å². The van der Waals surface area contributed by atoms with E-state index in [-0.39, 0.29) is 11.5 Å². The van der Waals surface area contributed by atoms with Crippen molar-refractivity contribution in [2.45, 2.75) is 39.8 Å². The second-order valence-electron chi connectivity index (χ2n) is 7.14. The average molecular weight is 349 g/mol. The molecule has 1 fully saturated rings. The van der Waals surface area contributed by atoms with E-state index in [1.54, 1.807) is 0 Å². The van der Waals surface area contributed by atoms with Gasteiger partial charge in [0.2, 0.25) is 0 Å². The van der Waals surface area contributed by atoms with Crippen LogP contribution in [-0.2, 0) is 6.54 Å². The van der Waals surface area contributed by atoms with Gasteiger partial charge in [0.1, 0.15) is 5.69 Å². The van der Waals surface area contributed by atoms with Crippen molar-refractivity contribution in [3.8, 4) is 0 Å². The number of carbonyl (C=O) groups is 1. The molecule has 0 radical (unpaired) electrons. The number of likely N-dealkylation sites (N-methyl/N-ethyl adjacent to an activating group) is 1. The summed E-state index contributed by atoms with van der Waals surface area (Å²) in [6, 6.07) is 3.22. The first kappa shape index (κ1) is 19.6. The normalized spacial score (nSPS) is 17.6. The fraction of sp³-hybridized carbons (Fsp3) is 0.722. The van der Waals surface area contributed by atoms with Crippen LogP contribution < -0.4 is 10.9 Å². The van der Waals surface area contributed by atoms with E-state index in [0.717, 1.165) is 32.6 Å². The molecule has 1 atom stereocenters. The lowest BCUT2D eigenvalue weighted by atomic mass is 10.0. The summed E-state index contributed by atoms with van der Waals surface area (Å²) < 4.78 is 1.36. The quantitative estimate of drug-likeness (QED) is 0.783. The molecule has 140 valence electrons. The summed E-state index contributed by atoms with van der Waals surface area (Å²) in [6.07, 6.45) is 0.802. The Kier molecular flexibility index (Phi) is 7.13. The molecule has 0 unspecified atom stereocenters. The number of nitrogens with one attached hydrogen (secondary N) is 1. The third-order valence-corrected chi connectivity index (χ3v) is 4.78. The van der Waals surface area contributed by atoms with Gasteiger partial charge in [-0.3, -0.25) is 14.5 Å². The van der Waals surface area contributed by atoms with Crippen molar-refractivity contribution in [2.75, 3.05) is 39.8 Å². The number of piperazine rings is 1. The van der Waals surface area contributed by atoms with Crippen molar-refractivity contribution < 1.29 is 4.79 Å². The molecule has 1 aliphatic heterocycles. The monoisotopic (exact) mass is 349 g/mol. The van der Waals surface area contributed by atoms with Crippen LogP contribution >= 0.6 is 0 Å². The van der Waals surface area contributed by atoms with Crippen LogP contribution in [0.1, 0.15) is 37.7 Å². The molecule has 1 aromatic heterocycles. The van der Waals surface area contributed by atoms with Gasteiger partial charge in [0.15, 0.2) is 0 Å².